The van der Waals surface area contributed by atoms with Gasteiger partial charge in [0.25, 0.3) is 0 Å². The topological polar surface area (TPSA) is 69.9 Å². The lowest BCUT2D eigenvalue weighted by atomic mass is 10.1. The molecule has 0 aliphatic rings. The molecule has 226 valence electrons. The molecule has 0 atom stereocenters. The lowest BCUT2D eigenvalue weighted by molar-refractivity contribution is 0.302. The third kappa shape index (κ3) is 22.3. The molecule has 0 aliphatic carbocycles. The number of ether oxygens (including phenoxy) is 1. The van der Waals surface area contributed by atoms with E-state index in [1.165, 1.54) is 88.1 Å². The Labute approximate surface area is 278 Å². The first-order chi connectivity index (χ1) is 19.1. The fourth-order valence-electron chi connectivity index (χ4n) is 3.09. The Bertz CT molecular complexity index is 838. The van der Waals surface area contributed by atoms with E-state index < -0.39 is 7.15 Å². The zero-order valence-electron chi connectivity index (χ0n) is 23.9. The first kappa shape index (κ1) is 39.0. The highest BCUT2D eigenvalue weighted by Crippen LogP contribution is 2.35. The summed E-state index contributed by atoms with van der Waals surface area (Å²) in [5.74, 6) is 1.19. The Morgan fingerprint density at radius 2 is 1.00 bits per heavy atom. The standard InChI is InChI=1S/C14H20Br2O2.C8H17Br.C6H4Br2O2.CH3F/c1-2-3-4-5-6-7-8-18-14-10-11(15)13(17)9-12(14)16;1-2-3-4-5-6-7-8-9;7-3-1-5(9)4(8)2-6(3)10;1-2/h9-10,17H,2-8H2,1H3;2-8H2,1H3;1-2,9-10H;1H3/i;;;1D. The van der Waals surface area contributed by atoms with Crippen molar-refractivity contribution in [3.05, 3.63) is 42.2 Å². The zero-order valence-corrected chi connectivity index (χ0v) is 30.9. The van der Waals surface area contributed by atoms with Gasteiger partial charge in [0.15, 0.2) is 0 Å². The summed E-state index contributed by atoms with van der Waals surface area (Å²) in [7, 11) is -1.00. The van der Waals surface area contributed by atoms with E-state index in [-0.39, 0.29) is 17.2 Å². The number of aromatic hydroxyl groups is 3. The number of benzene rings is 2. The molecule has 2 aromatic rings. The molecule has 10 heteroatoms. The molecular weight excluding hydrogens is 831 g/mol. The number of phenolic OH excluding ortho intramolecular Hbond substituents is 3. The molecule has 39 heavy (non-hydrogen) atoms. The minimum Gasteiger partial charge on any atom is -0.507 e. The van der Waals surface area contributed by atoms with Crippen molar-refractivity contribution in [1.29, 1.82) is 0 Å². The fraction of sp³-hybridized carbons (Fsp3) is 0.586. The zero-order chi connectivity index (χ0) is 30.8. The van der Waals surface area contributed by atoms with Crippen LogP contribution >= 0.6 is 79.6 Å². The second-order valence-electron chi connectivity index (χ2n) is 8.56. The number of hydrogen-bond acceptors (Lipinski definition) is 4. The first-order valence-corrected chi connectivity index (χ1v) is 17.5. The van der Waals surface area contributed by atoms with Crippen molar-refractivity contribution in [2.75, 3.05) is 19.1 Å². The van der Waals surface area contributed by atoms with Gasteiger partial charge in [-0.15, -0.1) is 0 Å². The van der Waals surface area contributed by atoms with E-state index >= 15 is 0 Å². The molecule has 0 radical (unpaired) electrons. The van der Waals surface area contributed by atoms with Gasteiger partial charge in [-0.05, 0) is 101 Å². The third-order valence-electron chi connectivity index (χ3n) is 5.26. The molecule has 0 bridgehead atoms. The van der Waals surface area contributed by atoms with Crippen molar-refractivity contribution in [3.8, 4) is 23.0 Å². The van der Waals surface area contributed by atoms with Crippen molar-refractivity contribution in [2.45, 2.75) is 90.9 Å². The Kier molecular flexibility index (Phi) is 28.1. The molecule has 2 rings (SSSR count). The maximum absolute atomic E-state index is 9.96. The quantitative estimate of drug-likeness (QED) is 0.100. The van der Waals surface area contributed by atoms with Gasteiger partial charge in [-0.1, -0.05) is 94.0 Å². The molecule has 0 saturated carbocycles. The van der Waals surface area contributed by atoms with Gasteiger partial charge >= 0.3 is 0 Å². The maximum Gasteiger partial charge on any atom is 0.134 e. The number of halogens is 6. The van der Waals surface area contributed by atoms with Gasteiger partial charge in [0.2, 0.25) is 0 Å². The van der Waals surface area contributed by atoms with Crippen LogP contribution in [-0.2, 0) is 0 Å². The van der Waals surface area contributed by atoms with Crippen molar-refractivity contribution in [2.24, 2.45) is 0 Å². The second-order valence-corrected chi connectivity index (χ2v) is 12.8. The first-order valence-electron chi connectivity index (χ1n) is 13.9. The highest BCUT2D eigenvalue weighted by atomic mass is 79.9. The highest BCUT2D eigenvalue weighted by molar-refractivity contribution is 9.11. The molecule has 4 nitrogen and oxygen atoms in total. The van der Waals surface area contributed by atoms with Crippen LogP contribution in [0.2, 0.25) is 0 Å². The molecular formula is C29H44Br5FO4. The Balaban J connectivity index is 0. The summed E-state index contributed by atoms with van der Waals surface area (Å²) in [6.45, 7) is 5.20. The summed E-state index contributed by atoms with van der Waals surface area (Å²) in [5, 5.41) is 28.7. The largest absolute Gasteiger partial charge is 0.507 e. The van der Waals surface area contributed by atoms with Gasteiger partial charge in [-0.3, -0.25) is 4.39 Å². The number of rotatable bonds is 14. The van der Waals surface area contributed by atoms with E-state index in [1.54, 1.807) is 12.1 Å². The number of phenols is 3. The lowest BCUT2D eigenvalue weighted by Crippen LogP contribution is -1.98. The fourth-order valence-corrected chi connectivity index (χ4v) is 4.92. The Morgan fingerprint density at radius 1 is 0.641 bits per heavy atom. The van der Waals surface area contributed by atoms with Gasteiger partial charge in [0.05, 0.1) is 33.0 Å². The molecule has 0 aromatic heterocycles. The van der Waals surface area contributed by atoms with E-state index in [2.05, 4.69) is 93.5 Å². The van der Waals surface area contributed by atoms with E-state index in [0.29, 0.717) is 13.4 Å². The van der Waals surface area contributed by atoms with Crippen LogP contribution in [0.1, 0.15) is 92.3 Å². The summed E-state index contributed by atoms with van der Waals surface area (Å²) in [4.78, 5) is 0. The van der Waals surface area contributed by atoms with E-state index in [0.717, 1.165) is 23.2 Å². The number of alkyl halides is 2. The third-order valence-corrected chi connectivity index (χ3v) is 8.35. The minimum absolute atomic E-state index is 0.102. The van der Waals surface area contributed by atoms with Gasteiger partial charge in [-0.2, -0.15) is 0 Å². The number of hydrogen-bond donors (Lipinski definition) is 3. The summed E-state index contributed by atoms with van der Waals surface area (Å²) in [6, 6.07) is 6.26. The van der Waals surface area contributed by atoms with Crippen LogP contribution in [0.4, 0.5) is 4.39 Å². The predicted molar refractivity (Wildman–Crippen MR) is 182 cm³/mol. The van der Waals surface area contributed by atoms with E-state index in [9.17, 15) is 9.50 Å². The van der Waals surface area contributed by atoms with Crippen molar-refractivity contribution in [3.63, 3.8) is 0 Å². The van der Waals surface area contributed by atoms with Crippen molar-refractivity contribution >= 4 is 79.6 Å². The molecule has 3 N–H and O–H groups in total. The average Bonchev–Trinajstić information content (AvgIpc) is 2.91. The van der Waals surface area contributed by atoms with Gasteiger partial charge in [0, 0.05) is 5.33 Å². The number of unbranched alkanes of at least 4 members (excludes halogenated alkanes) is 10. The van der Waals surface area contributed by atoms with E-state index in [4.69, 9.17) is 16.3 Å². The van der Waals surface area contributed by atoms with Crippen LogP contribution in [0.25, 0.3) is 0 Å². The maximum atomic E-state index is 9.96. The van der Waals surface area contributed by atoms with Crippen LogP contribution in [0.15, 0.2) is 42.2 Å². The second kappa shape index (κ2) is 28.1. The predicted octanol–water partition coefficient (Wildman–Crippen LogP) is 12.6. The molecule has 0 spiro atoms. The van der Waals surface area contributed by atoms with Crippen molar-refractivity contribution in [1.82, 2.24) is 0 Å². The van der Waals surface area contributed by atoms with E-state index in [1.807, 2.05) is 0 Å². The molecule has 2 aromatic carbocycles. The SMILES string of the molecule is CCCCCCCCBr.CCCCCCCCOc1cc(Br)c(O)cc1Br.Oc1cc(Br)c(O)cc1Br.[2H]CF. The molecule has 0 amide bonds. The average molecular weight is 876 g/mol. The van der Waals surface area contributed by atoms with Crippen LogP contribution in [0.5, 0.6) is 23.0 Å². The van der Waals surface area contributed by atoms with Gasteiger partial charge in [0.1, 0.15) is 23.0 Å². The van der Waals surface area contributed by atoms with Crippen LogP contribution in [0, 0.1) is 0 Å². The van der Waals surface area contributed by atoms with Gasteiger partial charge < -0.3 is 20.1 Å². The van der Waals surface area contributed by atoms with Crippen LogP contribution in [0.3, 0.4) is 0 Å². The lowest BCUT2D eigenvalue weighted by Gasteiger charge is -2.09. The molecule has 0 unspecified atom stereocenters. The Morgan fingerprint density at radius 3 is 1.44 bits per heavy atom. The van der Waals surface area contributed by atoms with Gasteiger partial charge in [-0.25, -0.2) is 0 Å². The Hall–Kier alpha value is -0.0300. The highest BCUT2D eigenvalue weighted by Gasteiger charge is 2.06. The summed E-state index contributed by atoms with van der Waals surface area (Å²) in [6.07, 6.45) is 15.9. The van der Waals surface area contributed by atoms with Crippen LogP contribution < -0.4 is 4.74 Å². The summed E-state index contributed by atoms with van der Waals surface area (Å²) in [5.41, 5.74) is 0. The van der Waals surface area contributed by atoms with Crippen LogP contribution in [-0.4, -0.2) is 34.4 Å². The molecule has 0 saturated heterocycles. The smallest absolute Gasteiger partial charge is 0.134 e. The molecule has 0 heterocycles. The summed E-state index contributed by atoms with van der Waals surface area (Å²) >= 11 is 16.2. The van der Waals surface area contributed by atoms with Crippen molar-refractivity contribution < 1.29 is 25.8 Å². The minimum atomic E-state index is -1.00. The monoisotopic (exact) mass is 871 g/mol. The summed E-state index contributed by atoms with van der Waals surface area (Å²) < 4.78 is 23.6. The molecule has 0 aliphatic heterocycles. The normalized spacial score (nSPS) is 10.2. The molecule has 0 fully saturated rings.